The highest BCUT2D eigenvalue weighted by molar-refractivity contribution is 6.02. The maximum Gasteiger partial charge on any atom is 0.184 e. The van der Waals surface area contributed by atoms with Crippen LogP contribution in [0.2, 0.25) is 0 Å². The first-order chi connectivity index (χ1) is 9.66. The maximum absolute atomic E-state index is 12.8. The molecule has 1 N–H and O–H groups in total. The largest absolute Gasteiger partial charge is 0.303 e. The number of carbonyl (C=O) groups excluding carboxylic acids is 1. The Hall–Kier alpha value is -1.93. The second-order valence-corrected chi connectivity index (χ2v) is 5.52. The molecular formula is C18H19NO. The van der Waals surface area contributed by atoms with Crippen LogP contribution >= 0.6 is 0 Å². The van der Waals surface area contributed by atoms with Crippen LogP contribution in [0.4, 0.5) is 0 Å². The summed E-state index contributed by atoms with van der Waals surface area (Å²) < 4.78 is 0. The molecule has 0 saturated carbocycles. The average Bonchev–Trinajstić information content (AvgIpc) is 2.46. The van der Waals surface area contributed by atoms with Crippen molar-refractivity contribution < 1.29 is 4.79 Å². The number of Topliss-reactive ketones (excluding diaryl/α,β-unsaturated/α-hetero) is 1. The van der Waals surface area contributed by atoms with E-state index in [0.29, 0.717) is 0 Å². The van der Waals surface area contributed by atoms with Gasteiger partial charge in [0.25, 0.3) is 0 Å². The minimum absolute atomic E-state index is 0.176. The van der Waals surface area contributed by atoms with E-state index in [4.69, 9.17) is 0 Å². The molecule has 102 valence electrons. The minimum Gasteiger partial charge on any atom is -0.303 e. The molecule has 0 radical (unpaired) electrons. The predicted octanol–water partition coefficient (Wildman–Crippen LogP) is 3.37. The standard InChI is InChI=1S/C18H19NO/c1-12-7-8-15(13(2)11-12)18(20)17-16-6-4-3-5-14(16)9-10-19-17/h3-8,11,17,19H,9-10H2,1-2H3. The van der Waals surface area contributed by atoms with E-state index in [-0.39, 0.29) is 11.8 Å². The molecule has 0 spiro atoms. The van der Waals surface area contributed by atoms with Crippen LogP contribution in [0.3, 0.4) is 0 Å². The lowest BCUT2D eigenvalue weighted by Crippen LogP contribution is -2.35. The maximum atomic E-state index is 12.8. The zero-order valence-corrected chi connectivity index (χ0v) is 11.9. The minimum atomic E-state index is -0.207. The van der Waals surface area contributed by atoms with Gasteiger partial charge in [-0.05, 0) is 37.0 Å². The number of rotatable bonds is 2. The normalized spacial score (nSPS) is 17.6. The van der Waals surface area contributed by atoms with Crippen LogP contribution in [0.1, 0.15) is 38.7 Å². The zero-order chi connectivity index (χ0) is 14.1. The third-order valence-electron chi connectivity index (χ3n) is 4.02. The molecule has 0 aliphatic carbocycles. The molecule has 1 aliphatic heterocycles. The lowest BCUT2D eigenvalue weighted by atomic mass is 9.88. The number of nitrogens with one attached hydrogen (secondary N) is 1. The molecule has 0 aromatic heterocycles. The molecule has 2 heteroatoms. The Kier molecular flexibility index (Phi) is 3.41. The molecular weight excluding hydrogens is 246 g/mol. The van der Waals surface area contributed by atoms with Gasteiger partial charge in [0.1, 0.15) is 0 Å². The van der Waals surface area contributed by atoms with Crippen molar-refractivity contribution in [1.29, 1.82) is 0 Å². The van der Waals surface area contributed by atoms with Gasteiger partial charge in [-0.25, -0.2) is 0 Å². The van der Waals surface area contributed by atoms with Crippen molar-refractivity contribution in [3.63, 3.8) is 0 Å². The fourth-order valence-corrected chi connectivity index (χ4v) is 2.98. The second-order valence-electron chi connectivity index (χ2n) is 5.52. The van der Waals surface area contributed by atoms with Crippen molar-refractivity contribution >= 4 is 5.78 Å². The van der Waals surface area contributed by atoms with Gasteiger partial charge in [-0.15, -0.1) is 0 Å². The summed E-state index contributed by atoms with van der Waals surface area (Å²) in [5.74, 6) is 0.176. The predicted molar refractivity (Wildman–Crippen MR) is 81.1 cm³/mol. The summed E-state index contributed by atoms with van der Waals surface area (Å²) in [6.07, 6.45) is 0.993. The molecule has 2 aromatic rings. The molecule has 0 amide bonds. The molecule has 1 unspecified atom stereocenters. The molecule has 20 heavy (non-hydrogen) atoms. The Labute approximate surface area is 119 Å². The van der Waals surface area contributed by atoms with Gasteiger partial charge in [-0.3, -0.25) is 4.79 Å². The van der Waals surface area contributed by atoms with Crippen molar-refractivity contribution in [3.05, 3.63) is 70.3 Å². The lowest BCUT2D eigenvalue weighted by molar-refractivity contribution is 0.0939. The van der Waals surface area contributed by atoms with Crippen molar-refractivity contribution in [2.24, 2.45) is 0 Å². The first kappa shape index (κ1) is 13.1. The van der Waals surface area contributed by atoms with E-state index in [1.165, 1.54) is 11.1 Å². The first-order valence-electron chi connectivity index (χ1n) is 7.09. The van der Waals surface area contributed by atoms with E-state index in [9.17, 15) is 4.79 Å². The summed E-state index contributed by atoms with van der Waals surface area (Å²) in [4.78, 5) is 12.8. The molecule has 1 atom stereocenters. The van der Waals surface area contributed by atoms with Gasteiger partial charge in [-0.2, -0.15) is 0 Å². The topological polar surface area (TPSA) is 29.1 Å². The van der Waals surface area contributed by atoms with E-state index in [2.05, 4.69) is 30.4 Å². The van der Waals surface area contributed by atoms with Crippen molar-refractivity contribution in [2.75, 3.05) is 6.54 Å². The molecule has 2 aromatic carbocycles. The Bertz CT molecular complexity index is 660. The Balaban J connectivity index is 2.00. The fraction of sp³-hybridized carbons (Fsp3) is 0.278. The average molecular weight is 265 g/mol. The van der Waals surface area contributed by atoms with Crippen LogP contribution in [0.5, 0.6) is 0 Å². The molecule has 0 saturated heterocycles. The highest BCUT2D eigenvalue weighted by Crippen LogP contribution is 2.27. The highest BCUT2D eigenvalue weighted by Gasteiger charge is 2.27. The third kappa shape index (κ3) is 2.27. The van der Waals surface area contributed by atoms with E-state index in [1.807, 2.05) is 31.2 Å². The lowest BCUT2D eigenvalue weighted by Gasteiger charge is -2.26. The van der Waals surface area contributed by atoms with Crippen LogP contribution in [0.25, 0.3) is 0 Å². The van der Waals surface area contributed by atoms with Crippen LogP contribution < -0.4 is 5.32 Å². The fourth-order valence-electron chi connectivity index (χ4n) is 2.98. The Morgan fingerprint density at radius 1 is 1.15 bits per heavy atom. The van der Waals surface area contributed by atoms with Crippen molar-refractivity contribution in [2.45, 2.75) is 26.3 Å². The Morgan fingerprint density at radius 3 is 2.75 bits per heavy atom. The highest BCUT2D eigenvalue weighted by atomic mass is 16.1. The molecule has 0 fully saturated rings. The number of ketones is 1. The van der Waals surface area contributed by atoms with Crippen molar-refractivity contribution in [3.8, 4) is 0 Å². The number of hydrogen-bond donors (Lipinski definition) is 1. The van der Waals surface area contributed by atoms with Gasteiger partial charge in [0, 0.05) is 12.1 Å². The first-order valence-corrected chi connectivity index (χ1v) is 7.09. The molecule has 1 aliphatic rings. The SMILES string of the molecule is Cc1ccc(C(=O)C2NCCc3ccccc32)c(C)c1. The van der Waals surface area contributed by atoms with E-state index in [0.717, 1.165) is 29.7 Å². The van der Waals surface area contributed by atoms with Crippen LogP contribution in [0.15, 0.2) is 42.5 Å². The van der Waals surface area contributed by atoms with Crippen LogP contribution in [-0.2, 0) is 6.42 Å². The quantitative estimate of drug-likeness (QED) is 0.843. The zero-order valence-electron chi connectivity index (χ0n) is 11.9. The number of aryl methyl sites for hydroxylation is 2. The monoisotopic (exact) mass is 265 g/mol. The van der Waals surface area contributed by atoms with Crippen molar-refractivity contribution in [1.82, 2.24) is 5.32 Å². The summed E-state index contributed by atoms with van der Waals surface area (Å²) in [6, 6.07) is 14.1. The molecule has 3 rings (SSSR count). The van der Waals surface area contributed by atoms with Gasteiger partial charge < -0.3 is 5.32 Å². The number of hydrogen-bond acceptors (Lipinski definition) is 2. The van der Waals surface area contributed by atoms with Gasteiger partial charge in [0.2, 0.25) is 0 Å². The summed E-state index contributed by atoms with van der Waals surface area (Å²) in [6.45, 7) is 4.92. The summed E-state index contributed by atoms with van der Waals surface area (Å²) in [5.41, 5.74) is 5.49. The third-order valence-corrected chi connectivity index (χ3v) is 4.02. The summed E-state index contributed by atoms with van der Waals surface area (Å²) in [7, 11) is 0. The van der Waals surface area contributed by atoms with Gasteiger partial charge in [0.15, 0.2) is 5.78 Å². The van der Waals surface area contributed by atoms with E-state index < -0.39 is 0 Å². The van der Waals surface area contributed by atoms with E-state index in [1.54, 1.807) is 0 Å². The van der Waals surface area contributed by atoms with Crippen LogP contribution in [-0.4, -0.2) is 12.3 Å². The van der Waals surface area contributed by atoms with Gasteiger partial charge in [-0.1, -0.05) is 48.0 Å². The number of carbonyl (C=O) groups is 1. The summed E-state index contributed by atoms with van der Waals surface area (Å²) >= 11 is 0. The number of benzene rings is 2. The number of fused-ring (bicyclic) bond motifs is 1. The van der Waals surface area contributed by atoms with E-state index >= 15 is 0 Å². The Morgan fingerprint density at radius 2 is 1.95 bits per heavy atom. The molecule has 1 heterocycles. The summed E-state index contributed by atoms with van der Waals surface area (Å²) in [5, 5.41) is 3.37. The smallest absolute Gasteiger partial charge is 0.184 e. The van der Waals surface area contributed by atoms with Gasteiger partial charge >= 0.3 is 0 Å². The second kappa shape index (κ2) is 5.22. The van der Waals surface area contributed by atoms with Crippen LogP contribution in [0, 0.1) is 13.8 Å². The van der Waals surface area contributed by atoms with Gasteiger partial charge in [0.05, 0.1) is 6.04 Å². The molecule has 0 bridgehead atoms. The molecule has 2 nitrogen and oxygen atoms in total.